The molecule has 1 N–H and O–H groups in total. The predicted octanol–water partition coefficient (Wildman–Crippen LogP) is 5.56. The van der Waals surface area contributed by atoms with Gasteiger partial charge in [0, 0.05) is 0 Å². The second-order valence-electron chi connectivity index (χ2n) is 6.75. The summed E-state index contributed by atoms with van der Waals surface area (Å²) in [5.41, 5.74) is 5.01. The maximum atomic E-state index is 3.99. The molecule has 0 aliphatic rings. The van der Waals surface area contributed by atoms with E-state index in [9.17, 15) is 0 Å². The van der Waals surface area contributed by atoms with E-state index in [4.69, 9.17) is 0 Å². The number of rotatable bonds is 10. The van der Waals surface area contributed by atoms with Gasteiger partial charge in [-0.3, -0.25) is 0 Å². The Morgan fingerprint density at radius 1 is 0.789 bits per heavy atom. The first-order chi connectivity index (χ1) is 8.83. The van der Waals surface area contributed by atoms with Crippen molar-refractivity contribution in [3.63, 3.8) is 0 Å². The molecule has 0 saturated heterocycles. The zero-order valence-electron chi connectivity index (χ0n) is 14.1. The maximum Gasteiger partial charge on any atom is 0.165 e. The van der Waals surface area contributed by atoms with Gasteiger partial charge in [-0.05, 0) is 19.4 Å². The summed E-state index contributed by atoms with van der Waals surface area (Å²) in [6.07, 6.45) is 12.5. The van der Waals surface area contributed by atoms with Gasteiger partial charge in [0.25, 0.3) is 0 Å². The molecule has 0 fully saturated rings. The summed E-state index contributed by atoms with van der Waals surface area (Å²) in [6.45, 7) is 14.2. The van der Waals surface area contributed by atoms with E-state index in [1.807, 2.05) is 0 Å². The molecule has 0 saturated carbocycles. The number of allylic oxidation sites excluding steroid dienone is 2. The van der Waals surface area contributed by atoms with E-state index >= 15 is 0 Å². The van der Waals surface area contributed by atoms with Gasteiger partial charge in [-0.15, -0.1) is 0 Å². The first-order valence-corrected chi connectivity index (χ1v) is 14.1. The van der Waals surface area contributed by atoms with Crippen molar-refractivity contribution in [3.8, 4) is 0 Å². The van der Waals surface area contributed by atoms with Crippen molar-refractivity contribution in [2.24, 2.45) is 0 Å². The summed E-state index contributed by atoms with van der Waals surface area (Å²) in [7, 11) is -2.75. The summed E-state index contributed by atoms with van der Waals surface area (Å²) >= 11 is 0. The van der Waals surface area contributed by atoms with Crippen LogP contribution in [0.2, 0.25) is 26.2 Å². The Bertz CT molecular complexity index is 259. The molecule has 0 spiro atoms. The molecule has 112 valence electrons. The van der Waals surface area contributed by atoms with Crippen LogP contribution in [0.3, 0.4) is 0 Å². The van der Waals surface area contributed by atoms with Crippen molar-refractivity contribution in [1.29, 1.82) is 0 Å². The molecule has 0 rings (SSSR count). The van der Waals surface area contributed by atoms with E-state index in [0.29, 0.717) is 0 Å². The van der Waals surface area contributed by atoms with Gasteiger partial charge in [-0.1, -0.05) is 82.7 Å². The molecule has 0 aromatic carbocycles. The molecule has 1 nitrogen and oxygen atoms in total. The van der Waals surface area contributed by atoms with E-state index < -0.39 is 16.5 Å². The number of unbranched alkanes of at least 4 members (excludes halogenated alkanes) is 4. The molecule has 0 aliphatic heterocycles. The molecule has 0 aromatic rings. The van der Waals surface area contributed by atoms with Crippen LogP contribution < -0.4 is 4.65 Å². The van der Waals surface area contributed by atoms with Crippen LogP contribution in [0.1, 0.15) is 52.4 Å². The summed E-state index contributed by atoms with van der Waals surface area (Å²) in [4.78, 5) is 0. The number of hydrogen-bond acceptors (Lipinski definition) is 1. The third kappa shape index (κ3) is 11.4. The van der Waals surface area contributed by atoms with Gasteiger partial charge in [-0.2, -0.15) is 0 Å². The topological polar surface area (TPSA) is 12.0 Å². The molecule has 19 heavy (non-hydrogen) atoms. The van der Waals surface area contributed by atoms with Gasteiger partial charge in [0.2, 0.25) is 0 Å². The molecule has 0 amide bonds. The fourth-order valence-corrected chi connectivity index (χ4v) is 10.8. The number of hydrogen-bond donors (Lipinski definition) is 1. The lowest BCUT2D eigenvalue weighted by molar-refractivity contribution is 0.814. The average molecular weight is 298 g/mol. The van der Waals surface area contributed by atoms with E-state index in [-0.39, 0.29) is 0 Å². The first-order valence-electron chi connectivity index (χ1n) is 7.97. The Hall–Kier alpha value is -0.126. The second-order valence-corrected chi connectivity index (χ2v) is 15.5. The van der Waals surface area contributed by atoms with Gasteiger partial charge in [0.1, 0.15) is 8.24 Å². The Labute approximate surface area is 123 Å². The largest absolute Gasteiger partial charge is 0.353 e. The fraction of sp³-hybridized carbons (Fsp3) is 0.750. The molecule has 0 unspecified atom stereocenters. The van der Waals surface area contributed by atoms with Gasteiger partial charge in [0.05, 0.1) is 0 Å². The van der Waals surface area contributed by atoms with Crippen LogP contribution in [-0.4, -0.2) is 16.5 Å². The van der Waals surface area contributed by atoms with Crippen LogP contribution in [0.5, 0.6) is 0 Å². The van der Waals surface area contributed by atoms with Gasteiger partial charge >= 0.3 is 0 Å². The third-order valence-corrected chi connectivity index (χ3v) is 10.0. The first kappa shape index (κ1) is 18.9. The van der Waals surface area contributed by atoms with Crippen molar-refractivity contribution in [3.05, 3.63) is 23.6 Å². The Morgan fingerprint density at radius 2 is 1.21 bits per heavy atom. The average Bonchev–Trinajstić information content (AvgIpc) is 2.28. The highest BCUT2D eigenvalue weighted by Crippen LogP contribution is 2.11. The van der Waals surface area contributed by atoms with Gasteiger partial charge in [-0.25, -0.2) is 0 Å². The summed E-state index contributed by atoms with van der Waals surface area (Å²) < 4.78 is 3.99. The van der Waals surface area contributed by atoms with Crippen LogP contribution in [0.15, 0.2) is 23.6 Å². The zero-order valence-corrected chi connectivity index (χ0v) is 16.1. The van der Waals surface area contributed by atoms with Crippen LogP contribution in [0.25, 0.3) is 0 Å². The molecule has 0 aliphatic carbocycles. The van der Waals surface area contributed by atoms with Crippen LogP contribution in [0.4, 0.5) is 0 Å². The maximum absolute atomic E-state index is 3.99. The van der Waals surface area contributed by atoms with Crippen molar-refractivity contribution in [2.75, 3.05) is 0 Å². The highest BCUT2D eigenvalue weighted by molar-refractivity contribution is 6.96. The fourth-order valence-electron chi connectivity index (χ4n) is 2.25. The second kappa shape index (κ2) is 9.73. The smallest absolute Gasteiger partial charge is 0.165 e. The minimum atomic E-state index is -1.53. The lowest BCUT2D eigenvalue weighted by Crippen LogP contribution is -2.57. The minimum Gasteiger partial charge on any atom is -0.353 e. The van der Waals surface area contributed by atoms with E-state index in [1.165, 1.54) is 38.5 Å². The molecule has 0 heterocycles. The number of nitrogens with one attached hydrogen (secondary N) is 1. The summed E-state index contributed by atoms with van der Waals surface area (Å²) in [5.74, 6) is 0. The van der Waals surface area contributed by atoms with Crippen molar-refractivity contribution in [2.45, 2.75) is 78.6 Å². The standard InChI is InChI=1S/C16H35NSi2/c1-7-9-11-13-15-19(6,17-18(3,4)5)16-14-12-10-8-2/h13-17H,7-12H2,1-6H3. The van der Waals surface area contributed by atoms with E-state index in [2.05, 4.69) is 68.2 Å². The monoisotopic (exact) mass is 297 g/mol. The van der Waals surface area contributed by atoms with E-state index in [1.54, 1.807) is 0 Å². The van der Waals surface area contributed by atoms with Crippen molar-refractivity contribution in [1.82, 2.24) is 4.65 Å². The molecule has 0 atom stereocenters. The summed E-state index contributed by atoms with van der Waals surface area (Å²) in [5, 5.41) is 0. The van der Waals surface area contributed by atoms with Crippen LogP contribution >= 0.6 is 0 Å². The van der Waals surface area contributed by atoms with Crippen LogP contribution in [-0.2, 0) is 0 Å². The quantitative estimate of drug-likeness (QED) is 0.411. The molecule has 0 aromatic heterocycles. The Kier molecular flexibility index (Phi) is 9.66. The zero-order chi connectivity index (χ0) is 14.8. The Balaban J connectivity index is 4.61. The van der Waals surface area contributed by atoms with Crippen molar-refractivity contribution < 1.29 is 0 Å². The van der Waals surface area contributed by atoms with Gasteiger partial charge < -0.3 is 4.65 Å². The molecular weight excluding hydrogens is 262 g/mol. The Morgan fingerprint density at radius 3 is 1.53 bits per heavy atom. The van der Waals surface area contributed by atoms with Crippen molar-refractivity contribution >= 4 is 16.5 Å². The molecule has 0 radical (unpaired) electrons. The molecular formula is C16H35NSi2. The predicted molar refractivity (Wildman–Crippen MR) is 95.4 cm³/mol. The van der Waals surface area contributed by atoms with E-state index in [0.717, 1.165) is 0 Å². The summed E-state index contributed by atoms with van der Waals surface area (Å²) in [6, 6.07) is 0. The highest BCUT2D eigenvalue weighted by Gasteiger charge is 2.27. The lowest BCUT2D eigenvalue weighted by Gasteiger charge is -2.30. The molecule has 0 bridgehead atoms. The van der Waals surface area contributed by atoms with Gasteiger partial charge in [0.15, 0.2) is 8.24 Å². The SMILES string of the molecule is CCCCC=C[Si](C)(C=CCCCC)N[Si](C)(C)C. The van der Waals surface area contributed by atoms with Crippen LogP contribution in [0, 0.1) is 0 Å². The lowest BCUT2D eigenvalue weighted by atomic mass is 10.2. The molecule has 3 heteroatoms. The minimum absolute atomic E-state index is 1.22. The normalized spacial score (nSPS) is 16.3. The third-order valence-electron chi connectivity index (χ3n) is 3.02. The highest BCUT2D eigenvalue weighted by atomic mass is 28.4.